The molecule has 6 heteroatoms. The average Bonchev–Trinajstić information content (AvgIpc) is 3.22. The zero-order chi connectivity index (χ0) is 20.9. The van der Waals surface area contributed by atoms with E-state index in [1.54, 1.807) is 24.5 Å². The van der Waals surface area contributed by atoms with Gasteiger partial charge in [0.2, 0.25) is 5.91 Å². The summed E-state index contributed by atoms with van der Waals surface area (Å²) in [6, 6.07) is 13.9. The molecule has 3 aromatic rings. The van der Waals surface area contributed by atoms with Crippen molar-refractivity contribution in [3.63, 3.8) is 0 Å². The van der Waals surface area contributed by atoms with Gasteiger partial charge in [-0.1, -0.05) is 18.2 Å². The predicted octanol–water partition coefficient (Wildman–Crippen LogP) is 5.12. The number of methoxy groups -OCH3 is 1. The van der Waals surface area contributed by atoms with Crippen molar-refractivity contribution in [1.82, 2.24) is 9.88 Å². The summed E-state index contributed by atoms with van der Waals surface area (Å²) >= 11 is 1.78. The first-order valence-electron chi connectivity index (χ1n) is 10.3. The number of aromatic nitrogens is 1. The molecule has 0 atom stereocenters. The van der Waals surface area contributed by atoms with Crippen LogP contribution in [-0.2, 0) is 4.79 Å². The van der Waals surface area contributed by atoms with Gasteiger partial charge in [-0.05, 0) is 55.7 Å². The summed E-state index contributed by atoms with van der Waals surface area (Å²) in [4.78, 5) is 19.4. The van der Waals surface area contributed by atoms with Crippen LogP contribution in [0.15, 0.2) is 48.5 Å². The van der Waals surface area contributed by atoms with Crippen LogP contribution in [0.5, 0.6) is 11.5 Å². The minimum atomic E-state index is 0.0477. The van der Waals surface area contributed by atoms with Crippen molar-refractivity contribution in [2.45, 2.75) is 25.7 Å². The zero-order valence-electron chi connectivity index (χ0n) is 17.3. The number of para-hydroxylation sites is 1. The molecule has 1 fully saturated rings. The lowest BCUT2D eigenvalue weighted by Crippen LogP contribution is -2.36. The first kappa shape index (κ1) is 20.4. The lowest BCUT2D eigenvalue weighted by molar-refractivity contribution is -0.126. The van der Waals surface area contributed by atoms with E-state index in [0.717, 1.165) is 37.0 Å². The van der Waals surface area contributed by atoms with Crippen LogP contribution in [0.4, 0.5) is 0 Å². The second-order valence-corrected chi connectivity index (χ2v) is 8.36. The number of hydrogen-bond donors (Lipinski definition) is 0. The number of ether oxygens (including phenoxy) is 2. The van der Waals surface area contributed by atoms with Crippen LogP contribution in [0, 0.1) is 0 Å². The van der Waals surface area contributed by atoms with Crippen LogP contribution < -0.4 is 9.47 Å². The maximum absolute atomic E-state index is 12.7. The molecule has 156 valence electrons. The van der Waals surface area contributed by atoms with Gasteiger partial charge >= 0.3 is 0 Å². The van der Waals surface area contributed by atoms with Crippen molar-refractivity contribution in [1.29, 1.82) is 0 Å². The van der Waals surface area contributed by atoms with Crippen molar-refractivity contribution in [3.8, 4) is 11.5 Å². The topological polar surface area (TPSA) is 51.7 Å². The second-order valence-electron chi connectivity index (χ2n) is 7.30. The molecule has 1 amide bonds. The van der Waals surface area contributed by atoms with E-state index in [0.29, 0.717) is 24.0 Å². The Hall–Kier alpha value is -2.86. The SMILES string of the molecule is CCOc1cc(C=CC(=O)N2CCC(c3nc4ccccc4s3)CC2)ccc1OC. The number of piperidine rings is 1. The Morgan fingerprint density at radius 2 is 2.00 bits per heavy atom. The fraction of sp³-hybridized carbons (Fsp3) is 0.333. The second kappa shape index (κ2) is 9.30. The van der Waals surface area contributed by atoms with E-state index in [1.165, 1.54) is 9.71 Å². The number of hydrogen-bond acceptors (Lipinski definition) is 5. The van der Waals surface area contributed by atoms with Gasteiger partial charge in [-0.25, -0.2) is 4.98 Å². The molecule has 1 aliphatic heterocycles. The number of thiazole rings is 1. The number of amides is 1. The highest BCUT2D eigenvalue weighted by atomic mass is 32.1. The summed E-state index contributed by atoms with van der Waals surface area (Å²) < 4.78 is 12.2. The summed E-state index contributed by atoms with van der Waals surface area (Å²) in [5.41, 5.74) is 1.99. The van der Waals surface area contributed by atoms with Gasteiger partial charge in [0.25, 0.3) is 0 Å². The van der Waals surface area contributed by atoms with Crippen molar-refractivity contribution >= 4 is 33.5 Å². The lowest BCUT2D eigenvalue weighted by Gasteiger charge is -2.30. The number of nitrogens with zero attached hydrogens (tertiary/aromatic N) is 2. The number of benzene rings is 2. The molecule has 4 rings (SSSR count). The number of carbonyl (C=O) groups excluding carboxylic acids is 1. The highest BCUT2D eigenvalue weighted by Crippen LogP contribution is 2.34. The van der Waals surface area contributed by atoms with E-state index in [1.807, 2.05) is 42.2 Å². The van der Waals surface area contributed by atoms with Crippen molar-refractivity contribution in [2.75, 3.05) is 26.8 Å². The van der Waals surface area contributed by atoms with Crippen LogP contribution in [-0.4, -0.2) is 42.6 Å². The summed E-state index contributed by atoms with van der Waals surface area (Å²) in [7, 11) is 1.62. The van der Waals surface area contributed by atoms with Gasteiger partial charge in [0.15, 0.2) is 11.5 Å². The molecule has 5 nitrogen and oxygen atoms in total. The van der Waals surface area contributed by atoms with E-state index in [2.05, 4.69) is 18.2 Å². The van der Waals surface area contributed by atoms with Gasteiger partial charge in [0, 0.05) is 25.1 Å². The Labute approximate surface area is 180 Å². The monoisotopic (exact) mass is 422 g/mol. The average molecular weight is 423 g/mol. The Morgan fingerprint density at radius 1 is 1.20 bits per heavy atom. The predicted molar refractivity (Wildman–Crippen MR) is 121 cm³/mol. The molecule has 0 spiro atoms. The summed E-state index contributed by atoms with van der Waals surface area (Å²) in [5.74, 6) is 1.86. The van der Waals surface area contributed by atoms with Crippen LogP contribution in [0.1, 0.15) is 36.3 Å². The molecule has 0 bridgehead atoms. The molecule has 1 saturated heterocycles. The molecular weight excluding hydrogens is 396 g/mol. The number of rotatable bonds is 6. The Bertz CT molecular complexity index is 1020. The maximum atomic E-state index is 12.7. The van der Waals surface area contributed by atoms with Crippen LogP contribution in [0.25, 0.3) is 16.3 Å². The number of fused-ring (bicyclic) bond motifs is 1. The lowest BCUT2D eigenvalue weighted by atomic mass is 9.97. The van der Waals surface area contributed by atoms with Crippen LogP contribution in [0.2, 0.25) is 0 Å². The Morgan fingerprint density at radius 3 is 2.73 bits per heavy atom. The van der Waals surface area contributed by atoms with E-state index in [-0.39, 0.29) is 5.91 Å². The van der Waals surface area contributed by atoms with Gasteiger partial charge in [-0.2, -0.15) is 0 Å². The van der Waals surface area contributed by atoms with Gasteiger partial charge < -0.3 is 14.4 Å². The standard InChI is InChI=1S/C24H26N2O3S/c1-3-29-21-16-17(8-10-20(21)28-2)9-11-23(27)26-14-12-18(13-15-26)24-25-19-6-4-5-7-22(19)30-24/h4-11,16,18H,3,12-15H2,1-2H3. The first-order valence-corrected chi connectivity index (χ1v) is 11.1. The molecule has 0 radical (unpaired) electrons. The fourth-order valence-electron chi connectivity index (χ4n) is 3.75. The molecule has 1 aromatic heterocycles. The van der Waals surface area contributed by atoms with Crippen molar-refractivity contribution < 1.29 is 14.3 Å². The molecule has 1 aliphatic rings. The van der Waals surface area contributed by atoms with E-state index in [4.69, 9.17) is 14.5 Å². The summed E-state index contributed by atoms with van der Waals surface area (Å²) in [6.45, 7) is 4.02. The first-order chi connectivity index (χ1) is 14.7. The Kier molecular flexibility index (Phi) is 6.33. The smallest absolute Gasteiger partial charge is 0.246 e. The maximum Gasteiger partial charge on any atom is 0.246 e. The van der Waals surface area contributed by atoms with Crippen molar-refractivity contribution in [3.05, 3.63) is 59.1 Å². The third-order valence-corrected chi connectivity index (χ3v) is 6.57. The minimum absolute atomic E-state index is 0.0477. The van der Waals surface area contributed by atoms with E-state index < -0.39 is 0 Å². The molecule has 2 heterocycles. The molecule has 0 unspecified atom stereocenters. The zero-order valence-corrected chi connectivity index (χ0v) is 18.2. The highest BCUT2D eigenvalue weighted by Gasteiger charge is 2.25. The number of carbonyl (C=O) groups is 1. The van der Waals surface area contributed by atoms with Crippen LogP contribution in [0.3, 0.4) is 0 Å². The molecular formula is C24H26N2O3S. The fourth-order valence-corrected chi connectivity index (χ4v) is 4.89. The van der Waals surface area contributed by atoms with Gasteiger partial charge in [0.1, 0.15) is 0 Å². The van der Waals surface area contributed by atoms with Gasteiger partial charge in [-0.15, -0.1) is 11.3 Å². The van der Waals surface area contributed by atoms with Gasteiger partial charge in [0.05, 0.1) is 28.9 Å². The molecule has 0 saturated carbocycles. The van der Waals surface area contributed by atoms with Gasteiger partial charge in [-0.3, -0.25) is 4.79 Å². The molecule has 30 heavy (non-hydrogen) atoms. The third-order valence-electron chi connectivity index (χ3n) is 5.37. The third kappa shape index (κ3) is 4.49. The highest BCUT2D eigenvalue weighted by molar-refractivity contribution is 7.18. The normalized spacial score (nSPS) is 15.1. The quantitative estimate of drug-likeness (QED) is 0.517. The van der Waals surface area contributed by atoms with Crippen LogP contribution >= 0.6 is 11.3 Å². The summed E-state index contributed by atoms with van der Waals surface area (Å²) in [6.07, 6.45) is 5.40. The molecule has 0 aliphatic carbocycles. The largest absolute Gasteiger partial charge is 0.493 e. The van der Waals surface area contributed by atoms with Crippen molar-refractivity contribution in [2.24, 2.45) is 0 Å². The molecule has 0 N–H and O–H groups in total. The summed E-state index contributed by atoms with van der Waals surface area (Å²) in [5, 5.41) is 1.19. The Balaban J connectivity index is 1.36. The van der Waals surface area contributed by atoms with E-state index >= 15 is 0 Å². The van der Waals surface area contributed by atoms with E-state index in [9.17, 15) is 4.79 Å². The minimum Gasteiger partial charge on any atom is -0.493 e. The molecule has 2 aromatic carbocycles. The number of likely N-dealkylation sites (tertiary alicyclic amines) is 1.